The lowest BCUT2D eigenvalue weighted by molar-refractivity contribution is -0.137. The fourth-order valence-electron chi connectivity index (χ4n) is 2.68. The quantitative estimate of drug-likeness (QED) is 0.760. The number of nitrogens with zero attached hydrogens (tertiary/aromatic N) is 1. The van der Waals surface area contributed by atoms with Gasteiger partial charge in [-0.25, -0.2) is 4.79 Å². The molecular weight excluding hydrogens is 397 g/mol. The number of carbonyl (C=O) groups is 2. The fraction of sp³-hybridized carbons (Fsp3) is 0.333. The first kappa shape index (κ1) is 20.2. The first-order valence-corrected chi connectivity index (χ1v) is 9.27. The van der Waals surface area contributed by atoms with Crippen LogP contribution in [-0.4, -0.2) is 44.8 Å². The number of hydrogen-bond acceptors (Lipinski definition) is 6. The van der Waals surface area contributed by atoms with Crippen LogP contribution in [0, 0.1) is 0 Å². The SMILES string of the molecule is O=C(COC(=O)c1cccs1)Nc1cc(C(F)(F)F)ccc1N1CCOCC1. The van der Waals surface area contributed by atoms with Crippen molar-refractivity contribution in [3.8, 4) is 0 Å². The Labute approximate surface area is 162 Å². The highest BCUT2D eigenvalue weighted by molar-refractivity contribution is 7.11. The zero-order valence-corrected chi connectivity index (χ0v) is 15.4. The van der Waals surface area contributed by atoms with Crippen LogP contribution in [-0.2, 0) is 20.4 Å². The molecule has 1 aromatic heterocycles. The van der Waals surface area contributed by atoms with Crippen LogP contribution in [0.2, 0.25) is 0 Å². The Morgan fingerprint density at radius 3 is 2.61 bits per heavy atom. The molecule has 10 heteroatoms. The van der Waals surface area contributed by atoms with E-state index in [4.69, 9.17) is 9.47 Å². The predicted octanol–water partition coefficient (Wildman–Crippen LogP) is 3.40. The van der Waals surface area contributed by atoms with Crippen molar-refractivity contribution >= 4 is 34.6 Å². The zero-order valence-electron chi connectivity index (χ0n) is 14.6. The molecule has 1 amide bonds. The van der Waals surface area contributed by atoms with Crippen LogP contribution in [0.15, 0.2) is 35.7 Å². The first-order chi connectivity index (χ1) is 13.3. The molecule has 2 aromatic rings. The molecule has 0 bridgehead atoms. The Morgan fingerprint density at radius 1 is 1.21 bits per heavy atom. The van der Waals surface area contributed by atoms with Crippen molar-refractivity contribution < 1.29 is 32.2 Å². The molecule has 1 aliphatic rings. The van der Waals surface area contributed by atoms with Gasteiger partial charge in [0.2, 0.25) is 0 Å². The van der Waals surface area contributed by atoms with E-state index in [1.807, 2.05) is 4.90 Å². The maximum absolute atomic E-state index is 13.1. The van der Waals surface area contributed by atoms with Crippen molar-refractivity contribution in [3.05, 3.63) is 46.2 Å². The number of ether oxygens (including phenoxy) is 2. The second-order valence-corrected chi connectivity index (χ2v) is 6.88. The van der Waals surface area contributed by atoms with Crippen LogP contribution < -0.4 is 10.2 Å². The summed E-state index contributed by atoms with van der Waals surface area (Å²) in [6, 6.07) is 6.38. The highest BCUT2D eigenvalue weighted by Crippen LogP contribution is 2.35. The molecule has 1 aliphatic heterocycles. The van der Waals surface area contributed by atoms with Crippen LogP contribution >= 0.6 is 11.3 Å². The Kier molecular flexibility index (Phi) is 6.20. The van der Waals surface area contributed by atoms with Gasteiger partial charge in [0.05, 0.1) is 30.2 Å². The molecule has 28 heavy (non-hydrogen) atoms. The van der Waals surface area contributed by atoms with Gasteiger partial charge in [-0.2, -0.15) is 13.2 Å². The van der Waals surface area contributed by atoms with E-state index in [2.05, 4.69) is 5.32 Å². The molecule has 1 saturated heterocycles. The Morgan fingerprint density at radius 2 is 1.96 bits per heavy atom. The molecule has 1 fully saturated rings. The third-order valence-electron chi connectivity index (χ3n) is 4.01. The van der Waals surface area contributed by atoms with Gasteiger partial charge in [0.1, 0.15) is 4.88 Å². The second-order valence-electron chi connectivity index (χ2n) is 5.93. The number of rotatable bonds is 5. The van der Waals surface area contributed by atoms with E-state index < -0.39 is 30.2 Å². The minimum Gasteiger partial charge on any atom is -0.451 e. The number of benzene rings is 1. The topological polar surface area (TPSA) is 67.9 Å². The number of morpholine rings is 1. The molecule has 2 heterocycles. The summed E-state index contributed by atoms with van der Waals surface area (Å²) in [5, 5.41) is 4.11. The summed E-state index contributed by atoms with van der Waals surface area (Å²) in [5.74, 6) is -1.39. The summed E-state index contributed by atoms with van der Waals surface area (Å²) in [4.78, 5) is 26.1. The van der Waals surface area contributed by atoms with Gasteiger partial charge in [-0.05, 0) is 29.6 Å². The lowest BCUT2D eigenvalue weighted by Crippen LogP contribution is -2.37. The number of esters is 1. The molecule has 0 atom stereocenters. The maximum atomic E-state index is 13.1. The highest BCUT2D eigenvalue weighted by Gasteiger charge is 2.32. The average molecular weight is 414 g/mol. The second kappa shape index (κ2) is 8.61. The van der Waals surface area contributed by atoms with E-state index in [0.717, 1.165) is 23.5 Å². The van der Waals surface area contributed by atoms with Crippen LogP contribution in [0.3, 0.4) is 0 Å². The first-order valence-electron chi connectivity index (χ1n) is 8.39. The van der Waals surface area contributed by atoms with E-state index in [0.29, 0.717) is 36.9 Å². The monoisotopic (exact) mass is 414 g/mol. The number of thiophene rings is 1. The van der Waals surface area contributed by atoms with Crippen molar-refractivity contribution in [2.45, 2.75) is 6.18 Å². The number of amides is 1. The van der Waals surface area contributed by atoms with Crippen molar-refractivity contribution in [2.75, 3.05) is 43.1 Å². The lowest BCUT2D eigenvalue weighted by atomic mass is 10.1. The Hall–Kier alpha value is -2.59. The molecule has 0 radical (unpaired) electrons. The minimum absolute atomic E-state index is 0.00824. The van der Waals surface area contributed by atoms with E-state index in [9.17, 15) is 22.8 Å². The fourth-order valence-corrected chi connectivity index (χ4v) is 3.29. The summed E-state index contributed by atoms with van der Waals surface area (Å²) in [6.45, 7) is 1.25. The molecule has 3 rings (SSSR count). The van der Waals surface area contributed by atoms with Gasteiger partial charge in [-0.3, -0.25) is 4.79 Å². The van der Waals surface area contributed by atoms with Gasteiger partial charge in [0, 0.05) is 13.1 Å². The number of anilines is 2. The zero-order chi connectivity index (χ0) is 20.1. The summed E-state index contributed by atoms with van der Waals surface area (Å²) in [5.41, 5.74) is -0.418. The smallest absolute Gasteiger partial charge is 0.416 e. The molecule has 1 aromatic carbocycles. The molecule has 0 aliphatic carbocycles. The molecule has 1 N–H and O–H groups in total. The summed E-state index contributed by atoms with van der Waals surface area (Å²) >= 11 is 1.16. The number of halogens is 3. The van der Waals surface area contributed by atoms with Crippen LogP contribution in [0.1, 0.15) is 15.2 Å². The molecule has 0 unspecified atom stereocenters. The van der Waals surface area contributed by atoms with Crippen LogP contribution in [0.4, 0.5) is 24.5 Å². The molecular formula is C18H17F3N2O4S. The third-order valence-corrected chi connectivity index (χ3v) is 4.86. The highest BCUT2D eigenvalue weighted by atomic mass is 32.1. The largest absolute Gasteiger partial charge is 0.451 e. The van der Waals surface area contributed by atoms with Gasteiger partial charge in [-0.15, -0.1) is 11.3 Å². The minimum atomic E-state index is -4.55. The number of nitrogens with one attached hydrogen (secondary N) is 1. The van der Waals surface area contributed by atoms with Crippen LogP contribution in [0.5, 0.6) is 0 Å². The predicted molar refractivity (Wildman–Crippen MR) is 97.7 cm³/mol. The van der Waals surface area contributed by atoms with E-state index in [-0.39, 0.29) is 5.69 Å². The summed E-state index contributed by atoms with van der Waals surface area (Å²) in [7, 11) is 0. The van der Waals surface area contributed by atoms with Crippen molar-refractivity contribution in [1.82, 2.24) is 0 Å². The maximum Gasteiger partial charge on any atom is 0.416 e. The van der Waals surface area contributed by atoms with Gasteiger partial charge >= 0.3 is 12.1 Å². The van der Waals surface area contributed by atoms with Crippen molar-refractivity contribution in [3.63, 3.8) is 0 Å². The molecule has 150 valence electrons. The van der Waals surface area contributed by atoms with E-state index in [1.54, 1.807) is 17.5 Å². The summed E-state index contributed by atoms with van der Waals surface area (Å²) in [6.07, 6.45) is -4.55. The lowest BCUT2D eigenvalue weighted by Gasteiger charge is -2.31. The number of hydrogen-bond donors (Lipinski definition) is 1. The van der Waals surface area contributed by atoms with E-state index in [1.165, 1.54) is 6.07 Å². The van der Waals surface area contributed by atoms with Crippen molar-refractivity contribution in [2.24, 2.45) is 0 Å². The van der Waals surface area contributed by atoms with Crippen molar-refractivity contribution in [1.29, 1.82) is 0 Å². The van der Waals surface area contributed by atoms with E-state index >= 15 is 0 Å². The average Bonchev–Trinajstić information content (AvgIpc) is 3.21. The van der Waals surface area contributed by atoms with Gasteiger partial charge in [-0.1, -0.05) is 6.07 Å². The summed E-state index contributed by atoms with van der Waals surface area (Å²) < 4.78 is 49.4. The standard InChI is InChI=1S/C18H17F3N2O4S/c19-18(20,21)12-3-4-14(23-5-7-26-8-6-23)13(10-12)22-16(24)11-27-17(25)15-2-1-9-28-15/h1-4,9-10H,5-8,11H2,(H,22,24). The normalized spacial score (nSPS) is 14.6. The molecule has 0 saturated carbocycles. The van der Waals surface area contributed by atoms with Gasteiger partial charge in [0.25, 0.3) is 5.91 Å². The molecule has 6 nitrogen and oxygen atoms in total. The van der Waals surface area contributed by atoms with Gasteiger partial charge < -0.3 is 19.7 Å². The Balaban J connectivity index is 1.73. The third kappa shape index (κ3) is 5.02. The number of alkyl halides is 3. The van der Waals surface area contributed by atoms with Gasteiger partial charge in [0.15, 0.2) is 6.61 Å². The Bertz CT molecular complexity index is 834. The number of carbonyl (C=O) groups excluding carboxylic acids is 2. The molecule has 0 spiro atoms. The van der Waals surface area contributed by atoms with Crippen LogP contribution in [0.25, 0.3) is 0 Å².